The number of carbonyl (C=O) groups is 2. The summed E-state index contributed by atoms with van der Waals surface area (Å²) in [6.07, 6.45) is 3.10. The molecular formula is C19H21N3O3. The van der Waals surface area contributed by atoms with Crippen molar-refractivity contribution in [3.8, 4) is 0 Å². The van der Waals surface area contributed by atoms with Gasteiger partial charge in [-0.1, -0.05) is 12.1 Å². The summed E-state index contributed by atoms with van der Waals surface area (Å²) in [5, 5.41) is 2.82. The van der Waals surface area contributed by atoms with E-state index < -0.39 is 0 Å². The van der Waals surface area contributed by atoms with Gasteiger partial charge in [-0.05, 0) is 38.1 Å². The molecule has 1 aliphatic rings. The van der Waals surface area contributed by atoms with Crippen molar-refractivity contribution < 1.29 is 14.3 Å². The monoisotopic (exact) mass is 339 g/mol. The van der Waals surface area contributed by atoms with Crippen LogP contribution in [0.5, 0.6) is 0 Å². The summed E-state index contributed by atoms with van der Waals surface area (Å²) in [7, 11) is 0. The smallest absolute Gasteiger partial charge is 0.256 e. The predicted octanol–water partition coefficient (Wildman–Crippen LogP) is 2.58. The average molecular weight is 339 g/mol. The molecule has 2 atom stereocenters. The van der Waals surface area contributed by atoms with E-state index in [1.165, 1.54) is 0 Å². The topological polar surface area (TPSA) is 71.5 Å². The third-order valence-electron chi connectivity index (χ3n) is 4.06. The molecule has 1 aliphatic heterocycles. The Kier molecular flexibility index (Phi) is 5.09. The van der Waals surface area contributed by atoms with Gasteiger partial charge in [-0.15, -0.1) is 0 Å². The lowest BCUT2D eigenvalue weighted by atomic mass is 10.1. The number of morpholine rings is 1. The zero-order valence-electron chi connectivity index (χ0n) is 14.3. The fourth-order valence-electron chi connectivity index (χ4n) is 2.99. The number of nitrogens with one attached hydrogen (secondary N) is 1. The van der Waals surface area contributed by atoms with Gasteiger partial charge in [0, 0.05) is 31.0 Å². The van der Waals surface area contributed by atoms with Crippen molar-refractivity contribution in [2.75, 3.05) is 18.4 Å². The Balaban J connectivity index is 1.81. The van der Waals surface area contributed by atoms with Gasteiger partial charge < -0.3 is 15.0 Å². The van der Waals surface area contributed by atoms with Crippen molar-refractivity contribution in [1.29, 1.82) is 0 Å². The SMILES string of the molecule is CC1CN(C(=O)c2ccccc2NC(=O)c2ccncc2)CC(C)O1. The van der Waals surface area contributed by atoms with Crippen LogP contribution >= 0.6 is 0 Å². The second kappa shape index (κ2) is 7.44. The lowest BCUT2D eigenvalue weighted by molar-refractivity contribution is -0.0585. The molecule has 0 bridgehead atoms. The summed E-state index contributed by atoms with van der Waals surface area (Å²) in [4.78, 5) is 31.0. The number of hydrogen-bond donors (Lipinski definition) is 1. The third kappa shape index (κ3) is 4.03. The zero-order chi connectivity index (χ0) is 17.8. The summed E-state index contributed by atoms with van der Waals surface area (Å²) in [5.74, 6) is -0.376. The van der Waals surface area contributed by atoms with Gasteiger partial charge in [0.15, 0.2) is 0 Å². The predicted molar refractivity (Wildman–Crippen MR) is 94.5 cm³/mol. The second-order valence-corrected chi connectivity index (χ2v) is 6.20. The lowest BCUT2D eigenvalue weighted by Gasteiger charge is -2.35. The number of para-hydroxylation sites is 1. The summed E-state index contributed by atoms with van der Waals surface area (Å²) in [6, 6.07) is 10.3. The van der Waals surface area contributed by atoms with Crippen LogP contribution in [0.3, 0.4) is 0 Å². The van der Waals surface area contributed by atoms with E-state index in [1.54, 1.807) is 53.7 Å². The third-order valence-corrected chi connectivity index (χ3v) is 4.06. The van der Waals surface area contributed by atoms with Gasteiger partial charge >= 0.3 is 0 Å². The molecule has 6 heteroatoms. The van der Waals surface area contributed by atoms with Crippen LogP contribution in [0, 0.1) is 0 Å². The Morgan fingerprint density at radius 2 is 1.72 bits per heavy atom. The number of nitrogens with zero attached hydrogens (tertiary/aromatic N) is 2. The van der Waals surface area contributed by atoms with Gasteiger partial charge in [0.1, 0.15) is 0 Å². The number of aromatic nitrogens is 1. The van der Waals surface area contributed by atoms with Crippen LogP contribution < -0.4 is 5.32 Å². The highest BCUT2D eigenvalue weighted by atomic mass is 16.5. The standard InChI is InChI=1S/C19H21N3O3/c1-13-11-22(12-14(2)25-13)19(24)16-5-3-4-6-17(16)21-18(23)15-7-9-20-10-8-15/h3-10,13-14H,11-12H2,1-2H3,(H,21,23). The highest BCUT2D eigenvalue weighted by molar-refractivity contribution is 6.08. The largest absolute Gasteiger partial charge is 0.372 e. The number of hydrogen-bond acceptors (Lipinski definition) is 4. The Hall–Kier alpha value is -2.73. The van der Waals surface area contributed by atoms with Gasteiger partial charge in [-0.3, -0.25) is 14.6 Å². The van der Waals surface area contributed by atoms with Crippen molar-refractivity contribution in [3.63, 3.8) is 0 Å². The summed E-state index contributed by atoms with van der Waals surface area (Å²) in [6.45, 7) is 4.98. The first-order valence-corrected chi connectivity index (χ1v) is 8.29. The summed E-state index contributed by atoms with van der Waals surface area (Å²) >= 11 is 0. The number of carbonyl (C=O) groups excluding carboxylic acids is 2. The van der Waals surface area contributed by atoms with Crippen molar-refractivity contribution >= 4 is 17.5 Å². The maximum atomic E-state index is 12.9. The molecule has 6 nitrogen and oxygen atoms in total. The molecule has 130 valence electrons. The van der Waals surface area contributed by atoms with Crippen LogP contribution in [0.1, 0.15) is 34.6 Å². The molecule has 1 aromatic heterocycles. The van der Waals surface area contributed by atoms with E-state index in [-0.39, 0.29) is 24.0 Å². The second-order valence-electron chi connectivity index (χ2n) is 6.20. The van der Waals surface area contributed by atoms with Crippen molar-refractivity contribution in [2.45, 2.75) is 26.1 Å². The minimum absolute atomic E-state index is 0.00808. The van der Waals surface area contributed by atoms with E-state index in [1.807, 2.05) is 13.8 Å². The zero-order valence-corrected chi connectivity index (χ0v) is 14.3. The molecule has 1 aromatic carbocycles. The van der Waals surface area contributed by atoms with Gasteiger partial charge in [0.25, 0.3) is 11.8 Å². The van der Waals surface area contributed by atoms with Crippen LogP contribution in [-0.4, -0.2) is 47.0 Å². The van der Waals surface area contributed by atoms with Crippen molar-refractivity contribution in [2.24, 2.45) is 0 Å². The molecule has 1 saturated heterocycles. The molecule has 0 spiro atoms. The first kappa shape index (κ1) is 17.1. The molecule has 1 fully saturated rings. The van der Waals surface area contributed by atoms with Crippen molar-refractivity contribution in [1.82, 2.24) is 9.88 Å². The molecule has 0 saturated carbocycles. The van der Waals surface area contributed by atoms with Crippen LogP contribution in [0.2, 0.25) is 0 Å². The maximum absolute atomic E-state index is 12.9. The number of benzene rings is 1. The Labute approximate surface area is 146 Å². The highest BCUT2D eigenvalue weighted by Gasteiger charge is 2.28. The first-order chi connectivity index (χ1) is 12.0. The molecule has 1 N–H and O–H groups in total. The number of pyridine rings is 1. The van der Waals surface area contributed by atoms with Gasteiger partial charge in [0.2, 0.25) is 0 Å². The minimum Gasteiger partial charge on any atom is -0.372 e. The van der Waals surface area contributed by atoms with E-state index in [9.17, 15) is 9.59 Å². The quantitative estimate of drug-likeness (QED) is 0.933. The highest BCUT2D eigenvalue weighted by Crippen LogP contribution is 2.21. The fourth-order valence-corrected chi connectivity index (χ4v) is 2.99. The molecule has 0 radical (unpaired) electrons. The number of amides is 2. The first-order valence-electron chi connectivity index (χ1n) is 8.29. The molecule has 2 aromatic rings. The molecule has 0 aliphatic carbocycles. The van der Waals surface area contributed by atoms with Crippen LogP contribution in [0.25, 0.3) is 0 Å². The Morgan fingerprint density at radius 3 is 2.40 bits per heavy atom. The number of rotatable bonds is 3. The molecule has 25 heavy (non-hydrogen) atoms. The minimum atomic E-state index is -0.272. The lowest BCUT2D eigenvalue weighted by Crippen LogP contribution is -2.48. The Morgan fingerprint density at radius 1 is 1.08 bits per heavy atom. The van der Waals surface area contributed by atoms with Crippen LogP contribution in [0.4, 0.5) is 5.69 Å². The number of ether oxygens (including phenoxy) is 1. The van der Waals surface area contributed by atoms with Crippen LogP contribution in [-0.2, 0) is 4.74 Å². The van der Waals surface area contributed by atoms with E-state index in [4.69, 9.17) is 4.74 Å². The van der Waals surface area contributed by atoms with Gasteiger partial charge in [-0.2, -0.15) is 0 Å². The van der Waals surface area contributed by atoms with Gasteiger partial charge in [0.05, 0.1) is 23.5 Å². The maximum Gasteiger partial charge on any atom is 0.256 e. The molecule has 2 heterocycles. The average Bonchev–Trinajstić information content (AvgIpc) is 2.61. The van der Waals surface area contributed by atoms with E-state index in [2.05, 4.69) is 10.3 Å². The molecule has 3 rings (SSSR count). The molecule has 2 amide bonds. The number of anilines is 1. The van der Waals surface area contributed by atoms with Crippen molar-refractivity contribution in [3.05, 3.63) is 59.9 Å². The summed E-state index contributed by atoms with van der Waals surface area (Å²) in [5.41, 5.74) is 1.47. The van der Waals surface area contributed by atoms with Gasteiger partial charge in [-0.25, -0.2) is 0 Å². The van der Waals surface area contributed by atoms with E-state index >= 15 is 0 Å². The van der Waals surface area contributed by atoms with E-state index in [0.29, 0.717) is 29.9 Å². The summed E-state index contributed by atoms with van der Waals surface area (Å²) < 4.78 is 5.69. The van der Waals surface area contributed by atoms with E-state index in [0.717, 1.165) is 0 Å². The van der Waals surface area contributed by atoms with Crippen LogP contribution in [0.15, 0.2) is 48.8 Å². The Bertz CT molecular complexity index is 754. The fraction of sp³-hybridized carbons (Fsp3) is 0.316. The molecular weight excluding hydrogens is 318 g/mol. The molecule has 2 unspecified atom stereocenters. The normalized spacial score (nSPS) is 20.2.